The molecule has 0 saturated carbocycles. The Morgan fingerprint density at radius 1 is 1.21 bits per heavy atom. The Hall–Kier alpha value is -3.33. The lowest BCUT2D eigenvalue weighted by Gasteiger charge is -2.21. The minimum Gasteiger partial charge on any atom is -0.373 e. The van der Waals surface area contributed by atoms with Crippen LogP contribution < -0.4 is 5.32 Å². The highest BCUT2D eigenvalue weighted by atomic mass is 16.5. The Bertz CT molecular complexity index is 1120. The second-order valence-electron chi connectivity index (χ2n) is 8.30. The summed E-state index contributed by atoms with van der Waals surface area (Å²) in [6.07, 6.45) is 0.999. The number of carbonyl (C=O) groups excluding carboxylic acids is 2. The molecule has 1 aliphatic heterocycles. The van der Waals surface area contributed by atoms with Gasteiger partial charge in [0.2, 0.25) is 0 Å². The molecule has 2 aromatic heterocycles. The van der Waals surface area contributed by atoms with Crippen molar-refractivity contribution < 1.29 is 14.3 Å². The highest BCUT2D eigenvalue weighted by Crippen LogP contribution is 2.26. The van der Waals surface area contributed by atoms with Crippen LogP contribution in [0.15, 0.2) is 36.4 Å². The van der Waals surface area contributed by atoms with Gasteiger partial charge in [0.25, 0.3) is 5.91 Å². The molecular formula is C24H30N6O3. The van der Waals surface area contributed by atoms with E-state index in [0.29, 0.717) is 43.4 Å². The molecule has 1 aliphatic rings. The number of rotatable bonds is 9. The van der Waals surface area contributed by atoms with Gasteiger partial charge in [0.05, 0.1) is 42.8 Å². The topological polar surface area (TPSA) is 104 Å². The van der Waals surface area contributed by atoms with Gasteiger partial charge >= 0.3 is 0 Å². The van der Waals surface area contributed by atoms with E-state index in [-0.39, 0.29) is 30.1 Å². The number of benzene rings is 1. The van der Waals surface area contributed by atoms with Gasteiger partial charge in [0.15, 0.2) is 11.6 Å². The second-order valence-corrected chi connectivity index (χ2v) is 8.30. The largest absolute Gasteiger partial charge is 0.373 e. The summed E-state index contributed by atoms with van der Waals surface area (Å²) < 4.78 is 7.54. The lowest BCUT2D eigenvalue weighted by Crippen LogP contribution is -2.29. The molecule has 9 heteroatoms. The summed E-state index contributed by atoms with van der Waals surface area (Å²) in [6, 6.07) is 11.5. The van der Waals surface area contributed by atoms with E-state index in [9.17, 15) is 9.59 Å². The molecule has 9 nitrogen and oxygen atoms in total. The normalized spacial score (nSPS) is 15.0. The fourth-order valence-electron chi connectivity index (χ4n) is 4.16. The van der Waals surface area contributed by atoms with Gasteiger partial charge in [0.1, 0.15) is 0 Å². The molecule has 2 atom stereocenters. The number of aromatic nitrogens is 5. The molecule has 0 bridgehead atoms. The first-order chi connectivity index (χ1) is 16.0. The predicted molar refractivity (Wildman–Crippen MR) is 122 cm³/mol. The predicted octanol–water partition coefficient (Wildman–Crippen LogP) is 3.28. The van der Waals surface area contributed by atoms with Gasteiger partial charge in [-0.1, -0.05) is 44.2 Å². The number of amides is 1. The monoisotopic (exact) mass is 450 g/mol. The molecule has 3 heterocycles. The third kappa shape index (κ3) is 4.88. The summed E-state index contributed by atoms with van der Waals surface area (Å²) in [7, 11) is 0. The van der Waals surface area contributed by atoms with Gasteiger partial charge in [-0.15, -0.1) is 10.2 Å². The highest BCUT2D eigenvalue weighted by molar-refractivity contribution is 6.01. The number of Topliss-reactive ketones (excluding diaryl/α,β-unsaturated/α-hetero) is 1. The molecule has 1 aromatic carbocycles. The van der Waals surface area contributed by atoms with E-state index >= 15 is 0 Å². The minimum absolute atomic E-state index is 0.0485. The standard InChI is InChI=1S/C24H30N6O3/c1-4-19(17-9-7-6-8-10-17)25-24(32)18-14-20(29-11-12-33-15-21(18)29)22(31)13-16(3)23-26-28-30(5-2)27-23/h6-10,14,16,19H,4-5,11-13,15H2,1-3H3,(H,25,32)/t16?,19-/m1/s1. The van der Waals surface area contributed by atoms with Crippen LogP contribution in [-0.4, -0.2) is 43.1 Å². The van der Waals surface area contributed by atoms with Crippen LogP contribution >= 0.6 is 0 Å². The lowest BCUT2D eigenvalue weighted by atomic mass is 10.0. The average Bonchev–Trinajstić information content (AvgIpc) is 3.48. The Morgan fingerprint density at radius 3 is 2.70 bits per heavy atom. The molecule has 1 unspecified atom stereocenters. The summed E-state index contributed by atoms with van der Waals surface area (Å²) in [4.78, 5) is 28.0. The van der Waals surface area contributed by atoms with Gasteiger partial charge in [-0.05, 0) is 30.2 Å². The van der Waals surface area contributed by atoms with Crippen molar-refractivity contribution in [2.45, 2.75) is 65.3 Å². The van der Waals surface area contributed by atoms with Crippen molar-refractivity contribution in [3.63, 3.8) is 0 Å². The number of carbonyl (C=O) groups is 2. The van der Waals surface area contributed by atoms with E-state index in [1.165, 1.54) is 4.80 Å². The van der Waals surface area contributed by atoms with Crippen molar-refractivity contribution in [1.29, 1.82) is 0 Å². The number of hydrogen-bond donors (Lipinski definition) is 1. The molecule has 1 N–H and O–H groups in total. The molecule has 3 aromatic rings. The van der Waals surface area contributed by atoms with E-state index < -0.39 is 0 Å². The van der Waals surface area contributed by atoms with Crippen LogP contribution in [0.2, 0.25) is 0 Å². The van der Waals surface area contributed by atoms with Crippen LogP contribution in [0.3, 0.4) is 0 Å². The van der Waals surface area contributed by atoms with Gasteiger partial charge in [-0.25, -0.2) is 0 Å². The van der Waals surface area contributed by atoms with Crippen molar-refractivity contribution in [2.75, 3.05) is 6.61 Å². The van der Waals surface area contributed by atoms with Crippen LogP contribution in [0.25, 0.3) is 0 Å². The maximum Gasteiger partial charge on any atom is 0.253 e. The fourth-order valence-corrected chi connectivity index (χ4v) is 4.16. The van der Waals surface area contributed by atoms with E-state index in [0.717, 1.165) is 17.7 Å². The van der Waals surface area contributed by atoms with Gasteiger partial charge < -0.3 is 14.6 Å². The fraction of sp³-hybridized carbons (Fsp3) is 0.458. The van der Waals surface area contributed by atoms with Gasteiger partial charge in [-0.2, -0.15) is 4.80 Å². The van der Waals surface area contributed by atoms with Crippen LogP contribution in [0, 0.1) is 0 Å². The molecule has 0 radical (unpaired) electrons. The zero-order valence-electron chi connectivity index (χ0n) is 19.3. The average molecular weight is 451 g/mol. The van der Waals surface area contributed by atoms with E-state index in [2.05, 4.69) is 20.7 Å². The van der Waals surface area contributed by atoms with Crippen molar-refractivity contribution in [3.05, 3.63) is 64.7 Å². The SMILES string of the molecule is CC[C@@H](NC(=O)c1cc(C(=O)CC(C)c2nnn(CC)n2)n2c1COCC2)c1ccccc1. The zero-order valence-corrected chi connectivity index (χ0v) is 19.3. The second kappa shape index (κ2) is 10.1. The van der Waals surface area contributed by atoms with Gasteiger partial charge in [0, 0.05) is 18.9 Å². The molecule has 0 saturated heterocycles. The Kier molecular flexibility index (Phi) is 6.98. The zero-order chi connectivity index (χ0) is 23.4. The maximum absolute atomic E-state index is 13.3. The smallest absolute Gasteiger partial charge is 0.253 e. The van der Waals surface area contributed by atoms with Crippen molar-refractivity contribution in [1.82, 2.24) is 30.1 Å². The van der Waals surface area contributed by atoms with Crippen molar-refractivity contribution in [2.24, 2.45) is 0 Å². The summed E-state index contributed by atoms with van der Waals surface area (Å²) >= 11 is 0. The van der Waals surface area contributed by atoms with E-state index in [1.807, 2.05) is 55.7 Å². The minimum atomic E-state index is -0.195. The highest BCUT2D eigenvalue weighted by Gasteiger charge is 2.28. The maximum atomic E-state index is 13.3. The summed E-state index contributed by atoms with van der Waals surface area (Å²) in [5.41, 5.74) is 2.82. The first kappa shape index (κ1) is 22.8. The third-order valence-electron chi connectivity index (χ3n) is 6.04. The molecule has 4 rings (SSSR count). The van der Waals surface area contributed by atoms with E-state index in [4.69, 9.17) is 4.74 Å². The molecule has 33 heavy (non-hydrogen) atoms. The number of aryl methyl sites for hydroxylation is 1. The van der Waals surface area contributed by atoms with Crippen LogP contribution in [-0.2, 0) is 24.4 Å². The number of nitrogens with zero attached hydrogens (tertiary/aromatic N) is 5. The first-order valence-corrected chi connectivity index (χ1v) is 11.5. The van der Waals surface area contributed by atoms with E-state index in [1.54, 1.807) is 6.07 Å². The summed E-state index contributed by atoms with van der Waals surface area (Å²) in [6.45, 7) is 7.86. The summed E-state index contributed by atoms with van der Waals surface area (Å²) in [5.74, 6) is 0.126. The third-order valence-corrected chi connectivity index (χ3v) is 6.04. The number of fused-ring (bicyclic) bond motifs is 1. The molecule has 0 aliphatic carbocycles. The molecule has 0 fully saturated rings. The van der Waals surface area contributed by atoms with Crippen LogP contribution in [0.1, 0.15) is 83.5 Å². The molecule has 0 spiro atoms. The number of hydrogen-bond acceptors (Lipinski definition) is 6. The summed E-state index contributed by atoms with van der Waals surface area (Å²) in [5, 5.41) is 15.5. The molecule has 174 valence electrons. The number of tetrazole rings is 1. The molecule has 1 amide bonds. The number of nitrogens with one attached hydrogen (secondary N) is 1. The lowest BCUT2D eigenvalue weighted by molar-refractivity contribution is 0.0781. The first-order valence-electron chi connectivity index (χ1n) is 11.5. The Morgan fingerprint density at radius 2 is 2.00 bits per heavy atom. The van der Waals surface area contributed by atoms with Gasteiger partial charge in [-0.3, -0.25) is 9.59 Å². The Balaban J connectivity index is 1.56. The Labute approximate surface area is 193 Å². The van der Waals surface area contributed by atoms with Crippen LogP contribution in [0.4, 0.5) is 0 Å². The quantitative estimate of drug-likeness (QED) is 0.502. The van der Waals surface area contributed by atoms with Crippen molar-refractivity contribution in [3.8, 4) is 0 Å². The molecular weight excluding hydrogens is 420 g/mol. The number of ketones is 1. The number of ether oxygens (including phenoxy) is 1. The van der Waals surface area contributed by atoms with Crippen LogP contribution in [0.5, 0.6) is 0 Å². The van der Waals surface area contributed by atoms with Crippen molar-refractivity contribution >= 4 is 11.7 Å².